The summed E-state index contributed by atoms with van der Waals surface area (Å²) in [5.41, 5.74) is 0. The van der Waals surface area contributed by atoms with Crippen molar-refractivity contribution < 1.29 is 69.1 Å². The van der Waals surface area contributed by atoms with Crippen molar-refractivity contribution in [2.24, 2.45) is 0 Å². The molecule has 0 radical (unpaired) electrons. The average Bonchev–Trinajstić information content (AvgIpc) is 1.79. The maximum Gasteiger partial charge on any atom is 1.00 e. The van der Waals surface area contributed by atoms with Crippen LogP contribution >= 0.6 is 0 Å². The standard InChI is InChI=1S/C5H12BF3NO.K/c1-10(3-4-11-2)5-6(7,8)9;/h3-5H2,1-2H3;/q-1;+1. The molecule has 12 heavy (non-hydrogen) atoms. The van der Waals surface area contributed by atoms with E-state index in [0.717, 1.165) is 0 Å². The Labute approximate surface area is 113 Å². The summed E-state index contributed by atoms with van der Waals surface area (Å²) in [6.07, 6.45) is -0.816. The third-order valence-corrected chi connectivity index (χ3v) is 1.20. The Hall–Kier alpha value is 1.41. The van der Waals surface area contributed by atoms with Crippen LogP contribution in [0.25, 0.3) is 0 Å². The van der Waals surface area contributed by atoms with E-state index in [1.165, 1.54) is 19.1 Å². The summed E-state index contributed by atoms with van der Waals surface area (Å²) in [5.74, 6) is 0. The van der Waals surface area contributed by atoms with Crippen molar-refractivity contribution in [2.45, 2.75) is 0 Å². The molecule has 0 aliphatic rings. The molecule has 0 bridgehead atoms. The van der Waals surface area contributed by atoms with Gasteiger partial charge in [-0.15, -0.1) is 0 Å². The molecule has 0 spiro atoms. The predicted molar refractivity (Wildman–Crippen MR) is 38.5 cm³/mol. The van der Waals surface area contributed by atoms with Crippen LogP contribution in [0.4, 0.5) is 12.9 Å². The van der Waals surface area contributed by atoms with Crippen LogP contribution in [0.5, 0.6) is 0 Å². The van der Waals surface area contributed by atoms with Crippen LogP contribution in [-0.2, 0) is 4.74 Å². The van der Waals surface area contributed by atoms with Gasteiger partial charge in [0.25, 0.3) is 0 Å². The molecule has 0 rings (SSSR count). The van der Waals surface area contributed by atoms with E-state index in [1.807, 2.05) is 0 Å². The number of halogens is 3. The minimum absolute atomic E-state index is 0. The Morgan fingerprint density at radius 2 is 1.83 bits per heavy atom. The Morgan fingerprint density at radius 1 is 1.33 bits per heavy atom. The number of hydrogen-bond acceptors (Lipinski definition) is 2. The molecule has 0 saturated carbocycles. The molecule has 0 aliphatic carbocycles. The van der Waals surface area contributed by atoms with Gasteiger partial charge in [0.1, 0.15) is 0 Å². The summed E-state index contributed by atoms with van der Waals surface area (Å²) in [6.45, 7) is -4.04. The van der Waals surface area contributed by atoms with Gasteiger partial charge < -0.3 is 22.6 Å². The van der Waals surface area contributed by atoms with Crippen molar-refractivity contribution in [2.75, 3.05) is 33.8 Å². The first kappa shape index (κ1) is 15.9. The molecule has 0 aromatic carbocycles. The van der Waals surface area contributed by atoms with E-state index in [2.05, 4.69) is 4.74 Å². The molecule has 0 aromatic rings. The molecule has 0 amide bonds. The van der Waals surface area contributed by atoms with Crippen molar-refractivity contribution >= 4 is 6.98 Å². The maximum atomic E-state index is 11.7. The molecule has 0 N–H and O–H groups in total. The first-order valence-corrected chi connectivity index (χ1v) is 3.34. The van der Waals surface area contributed by atoms with Gasteiger partial charge in [-0.05, 0) is 13.5 Å². The average molecular weight is 209 g/mol. The van der Waals surface area contributed by atoms with Gasteiger partial charge in [-0.1, -0.05) is 0 Å². The van der Waals surface area contributed by atoms with Crippen molar-refractivity contribution in [3.8, 4) is 0 Å². The zero-order valence-corrected chi connectivity index (χ0v) is 10.8. The second-order valence-corrected chi connectivity index (χ2v) is 2.47. The van der Waals surface area contributed by atoms with E-state index in [9.17, 15) is 12.9 Å². The fraction of sp³-hybridized carbons (Fsp3) is 1.00. The van der Waals surface area contributed by atoms with Crippen LogP contribution in [0.15, 0.2) is 0 Å². The molecular weight excluding hydrogens is 197 g/mol. The van der Waals surface area contributed by atoms with E-state index in [-0.39, 0.29) is 51.4 Å². The number of rotatable bonds is 5. The minimum Gasteiger partial charge on any atom is -0.448 e. The largest absolute Gasteiger partial charge is 1.00 e. The fourth-order valence-corrected chi connectivity index (χ4v) is 0.692. The molecule has 68 valence electrons. The number of likely N-dealkylation sites (N-methyl/N-ethyl adjacent to an activating group) is 1. The fourth-order valence-electron chi connectivity index (χ4n) is 0.692. The molecule has 0 saturated heterocycles. The Morgan fingerprint density at radius 3 is 2.17 bits per heavy atom. The van der Waals surface area contributed by atoms with Crippen molar-refractivity contribution in [1.29, 1.82) is 0 Å². The Kier molecular flexibility index (Phi) is 10.3. The van der Waals surface area contributed by atoms with Gasteiger partial charge in [0.15, 0.2) is 0 Å². The van der Waals surface area contributed by atoms with Crippen LogP contribution in [0.1, 0.15) is 0 Å². The topological polar surface area (TPSA) is 12.5 Å². The van der Waals surface area contributed by atoms with Crippen LogP contribution in [-0.4, -0.2) is 45.6 Å². The van der Waals surface area contributed by atoms with Gasteiger partial charge in [0.05, 0.1) is 6.61 Å². The van der Waals surface area contributed by atoms with Gasteiger partial charge >= 0.3 is 58.4 Å². The molecule has 7 heteroatoms. The zero-order chi connectivity index (χ0) is 8.91. The molecule has 0 atom stereocenters. The molecule has 0 fully saturated rings. The van der Waals surface area contributed by atoms with Crippen molar-refractivity contribution in [1.82, 2.24) is 4.90 Å². The summed E-state index contributed by atoms with van der Waals surface area (Å²) < 4.78 is 39.8. The van der Waals surface area contributed by atoms with Gasteiger partial charge in [-0.2, -0.15) is 0 Å². The number of methoxy groups -OCH3 is 1. The van der Waals surface area contributed by atoms with Gasteiger partial charge in [0.2, 0.25) is 0 Å². The van der Waals surface area contributed by atoms with Gasteiger partial charge in [0, 0.05) is 13.7 Å². The first-order valence-electron chi connectivity index (χ1n) is 3.34. The second kappa shape index (κ2) is 7.78. The predicted octanol–water partition coefficient (Wildman–Crippen LogP) is -2.04. The summed E-state index contributed by atoms with van der Waals surface area (Å²) in [4.78, 5) is 1.20. The van der Waals surface area contributed by atoms with Crippen LogP contribution in [0.3, 0.4) is 0 Å². The Balaban J connectivity index is 0. The quantitative estimate of drug-likeness (QED) is 0.483. The van der Waals surface area contributed by atoms with Crippen LogP contribution < -0.4 is 51.4 Å². The normalized spacial score (nSPS) is 11.5. The van der Waals surface area contributed by atoms with Crippen molar-refractivity contribution in [3.05, 3.63) is 0 Å². The Bertz CT molecular complexity index is 113. The van der Waals surface area contributed by atoms with E-state index >= 15 is 0 Å². The monoisotopic (exact) mass is 209 g/mol. The van der Waals surface area contributed by atoms with Gasteiger partial charge in [-0.3, -0.25) is 0 Å². The molecule has 0 aromatic heterocycles. The SMILES string of the molecule is COCCN(C)C[B-](F)(F)F.[K+]. The smallest absolute Gasteiger partial charge is 0.448 e. The van der Waals surface area contributed by atoms with E-state index in [0.29, 0.717) is 13.2 Å². The molecule has 0 heterocycles. The summed E-state index contributed by atoms with van der Waals surface area (Å²) in [5, 5.41) is 0. The molecule has 0 unspecified atom stereocenters. The van der Waals surface area contributed by atoms with Gasteiger partial charge in [-0.25, -0.2) is 0 Å². The molecule has 2 nitrogen and oxygen atoms in total. The third kappa shape index (κ3) is 11.4. The van der Waals surface area contributed by atoms with E-state index < -0.39 is 13.4 Å². The molecular formula is C5H12BF3KNO. The maximum absolute atomic E-state index is 11.7. The van der Waals surface area contributed by atoms with Crippen molar-refractivity contribution in [3.63, 3.8) is 0 Å². The molecule has 0 aliphatic heterocycles. The number of ether oxygens (including phenoxy) is 1. The summed E-state index contributed by atoms with van der Waals surface area (Å²) in [6, 6.07) is 0. The van der Waals surface area contributed by atoms with E-state index in [4.69, 9.17) is 0 Å². The van der Waals surface area contributed by atoms with E-state index in [1.54, 1.807) is 0 Å². The number of hydrogen-bond donors (Lipinski definition) is 0. The zero-order valence-electron chi connectivity index (χ0n) is 7.69. The number of nitrogens with zero attached hydrogens (tertiary/aromatic N) is 1. The van der Waals surface area contributed by atoms with Crippen LogP contribution in [0.2, 0.25) is 0 Å². The first-order chi connectivity index (χ1) is 4.95. The summed E-state index contributed by atoms with van der Waals surface area (Å²) in [7, 11) is 2.89. The van der Waals surface area contributed by atoms with Crippen LogP contribution in [0, 0.1) is 0 Å². The third-order valence-electron chi connectivity index (χ3n) is 1.20. The second-order valence-electron chi connectivity index (χ2n) is 2.47. The minimum atomic E-state index is -4.69. The summed E-state index contributed by atoms with van der Waals surface area (Å²) >= 11 is 0.